The van der Waals surface area contributed by atoms with E-state index >= 15 is 0 Å². The maximum absolute atomic E-state index is 12.6. The number of hydrogen-bond donors (Lipinski definition) is 1. The third kappa shape index (κ3) is 4.46. The molecule has 0 fully saturated rings. The molecule has 3 aromatic rings. The Kier molecular flexibility index (Phi) is 5.90. The summed E-state index contributed by atoms with van der Waals surface area (Å²) in [6, 6.07) is 20.8. The zero-order valence-electron chi connectivity index (χ0n) is 16.3. The van der Waals surface area contributed by atoms with Gasteiger partial charge in [-0.25, -0.2) is 4.79 Å². The molecule has 0 spiro atoms. The fraction of sp³-hybridized carbons (Fsp3) is 0.167. The van der Waals surface area contributed by atoms with Gasteiger partial charge in [0.2, 0.25) is 0 Å². The molecule has 28 heavy (non-hydrogen) atoms. The zero-order chi connectivity index (χ0) is 20.1. The molecular weight excluding hydrogens is 350 g/mol. The normalized spacial score (nSPS) is 10.4. The SMILES string of the molecule is Cc1ccc(-c2ccccc2C(=O)OCC(=O)Nc2cccc(C)c2C)cc1. The molecule has 4 heteroatoms. The van der Waals surface area contributed by atoms with Crippen molar-refractivity contribution in [2.45, 2.75) is 20.8 Å². The van der Waals surface area contributed by atoms with Crippen LogP contribution in [0.3, 0.4) is 0 Å². The van der Waals surface area contributed by atoms with Gasteiger partial charge in [0.25, 0.3) is 5.91 Å². The van der Waals surface area contributed by atoms with E-state index in [1.807, 2.05) is 75.4 Å². The fourth-order valence-electron chi connectivity index (χ4n) is 2.93. The van der Waals surface area contributed by atoms with Crippen LogP contribution in [0.4, 0.5) is 5.69 Å². The maximum atomic E-state index is 12.6. The first kappa shape index (κ1) is 19.4. The van der Waals surface area contributed by atoms with Crippen LogP contribution in [-0.2, 0) is 9.53 Å². The van der Waals surface area contributed by atoms with Crippen molar-refractivity contribution in [2.24, 2.45) is 0 Å². The Labute approximate surface area is 165 Å². The minimum Gasteiger partial charge on any atom is -0.452 e. The van der Waals surface area contributed by atoms with Gasteiger partial charge in [0.15, 0.2) is 6.61 Å². The molecule has 0 aliphatic rings. The molecule has 142 valence electrons. The lowest BCUT2D eigenvalue weighted by Gasteiger charge is -2.12. The molecule has 1 amide bonds. The first-order valence-electron chi connectivity index (χ1n) is 9.15. The predicted octanol–water partition coefficient (Wildman–Crippen LogP) is 5.07. The average Bonchev–Trinajstić information content (AvgIpc) is 2.70. The fourth-order valence-corrected chi connectivity index (χ4v) is 2.93. The van der Waals surface area contributed by atoms with Crippen LogP contribution in [0.1, 0.15) is 27.0 Å². The van der Waals surface area contributed by atoms with E-state index in [9.17, 15) is 9.59 Å². The van der Waals surface area contributed by atoms with Crippen molar-refractivity contribution in [1.29, 1.82) is 0 Å². The van der Waals surface area contributed by atoms with Crippen LogP contribution in [0.2, 0.25) is 0 Å². The van der Waals surface area contributed by atoms with E-state index in [4.69, 9.17) is 4.74 Å². The first-order chi connectivity index (χ1) is 13.5. The number of anilines is 1. The molecule has 0 unspecified atom stereocenters. The van der Waals surface area contributed by atoms with Gasteiger partial charge in [0, 0.05) is 5.69 Å². The highest BCUT2D eigenvalue weighted by Crippen LogP contribution is 2.25. The molecule has 0 aromatic heterocycles. The highest BCUT2D eigenvalue weighted by Gasteiger charge is 2.15. The Hall–Kier alpha value is -3.40. The quantitative estimate of drug-likeness (QED) is 0.635. The third-order valence-corrected chi connectivity index (χ3v) is 4.72. The van der Waals surface area contributed by atoms with Crippen LogP contribution in [-0.4, -0.2) is 18.5 Å². The predicted molar refractivity (Wildman–Crippen MR) is 111 cm³/mol. The number of ether oxygens (including phenoxy) is 1. The first-order valence-corrected chi connectivity index (χ1v) is 9.15. The van der Waals surface area contributed by atoms with Crippen LogP contribution in [0.25, 0.3) is 11.1 Å². The summed E-state index contributed by atoms with van der Waals surface area (Å²) in [4.78, 5) is 24.8. The number of nitrogens with one attached hydrogen (secondary N) is 1. The van der Waals surface area contributed by atoms with Gasteiger partial charge in [-0.15, -0.1) is 0 Å². The number of esters is 1. The standard InChI is InChI=1S/C24H23NO3/c1-16-11-13-19(14-12-16)20-8-4-5-9-21(20)24(27)28-15-23(26)25-22-10-6-7-17(2)18(22)3/h4-14H,15H2,1-3H3,(H,25,26). The topological polar surface area (TPSA) is 55.4 Å². The molecule has 0 saturated heterocycles. The Bertz CT molecular complexity index is 1010. The summed E-state index contributed by atoms with van der Waals surface area (Å²) in [5.74, 6) is -0.887. The van der Waals surface area contributed by atoms with Gasteiger partial charge in [-0.05, 0) is 55.2 Å². The highest BCUT2D eigenvalue weighted by molar-refractivity contribution is 5.99. The molecule has 0 bridgehead atoms. The summed E-state index contributed by atoms with van der Waals surface area (Å²) in [6.45, 7) is 5.59. The van der Waals surface area contributed by atoms with E-state index in [0.29, 0.717) is 5.56 Å². The third-order valence-electron chi connectivity index (χ3n) is 4.72. The Morgan fingerprint density at radius 2 is 1.57 bits per heavy atom. The summed E-state index contributed by atoms with van der Waals surface area (Å²) >= 11 is 0. The lowest BCUT2D eigenvalue weighted by Crippen LogP contribution is -2.21. The average molecular weight is 373 g/mol. The van der Waals surface area contributed by atoms with Gasteiger partial charge in [0.05, 0.1) is 5.56 Å². The summed E-state index contributed by atoms with van der Waals surface area (Å²) in [5, 5.41) is 2.79. The van der Waals surface area contributed by atoms with E-state index in [1.165, 1.54) is 0 Å². The molecule has 0 atom stereocenters. The second-order valence-corrected chi connectivity index (χ2v) is 6.78. The second-order valence-electron chi connectivity index (χ2n) is 6.78. The molecule has 3 aromatic carbocycles. The summed E-state index contributed by atoms with van der Waals surface area (Å²) in [5.41, 5.74) is 6.09. The number of aryl methyl sites for hydroxylation is 2. The van der Waals surface area contributed by atoms with Crippen LogP contribution in [0.5, 0.6) is 0 Å². The van der Waals surface area contributed by atoms with Crippen LogP contribution >= 0.6 is 0 Å². The smallest absolute Gasteiger partial charge is 0.339 e. The lowest BCUT2D eigenvalue weighted by atomic mass is 9.99. The van der Waals surface area contributed by atoms with E-state index < -0.39 is 5.97 Å². The van der Waals surface area contributed by atoms with Gasteiger partial charge in [-0.1, -0.05) is 60.2 Å². The Morgan fingerprint density at radius 3 is 2.32 bits per heavy atom. The van der Waals surface area contributed by atoms with Gasteiger partial charge >= 0.3 is 5.97 Å². The van der Waals surface area contributed by atoms with Crippen LogP contribution < -0.4 is 5.32 Å². The maximum Gasteiger partial charge on any atom is 0.339 e. The van der Waals surface area contributed by atoms with Crippen molar-refractivity contribution < 1.29 is 14.3 Å². The number of amides is 1. The van der Waals surface area contributed by atoms with E-state index in [1.54, 1.807) is 12.1 Å². The molecule has 4 nitrogen and oxygen atoms in total. The molecule has 0 radical (unpaired) electrons. The second kappa shape index (κ2) is 8.53. The summed E-state index contributed by atoms with van der Waals surface area (Å²) in [6.07, 6.45) is 0. The number of carbonyl (C=O) groups is 2. The van der Waals surface area contributed by atoms with E-state index in [2.05, 4.69) is 5.32 Å². The van der Waals surface area contributed by atoms with Gasteiger partial charge in [0.1, 0.15) is 0 Å². The van der Waals surface area contributed by atoms with Crippen molar-refractivity contribution >= 4 is 17.6 Å². The monoisotopic (exact) mass is 373 g/mol. The van der Waals surface area contributed by atoms with Crippen molar-refractivity contribution in [3.63, 3.8) is 0 Å². The number of hydrogen-bond acceptors (Lipinski definition) is 3. The van der Waals surface area contributed by atoms with Crippen LogP contribution in [0.15, 0.2) is 66.7 Å². The minimum absolute atomic E-state index is 0.339. The lowest BCUT2D eigenvalue weighted by molar-refractivity contribution is -0.119. The molecule has 1 N–H and O–H groups in total. The van der Waals surface area contributed by atoms with Gasteiger partial charge in [-0.2, -0.15) is 0 Å². The number of carbonyl (C=O) groups excluding carboxylic acids is 2. The van der Waals surface area contributed by atoms with E-state index in [-0.39, 0.29) is 12.5 Å². The molecule has 3 rings (SSSR count). The molecular formula is C24H23NO3. The van der Waals surface area contributed by atoms with E-state index in [0.717, 1.165) is 33.5 Å². The van der Waals surface area contributed by atoms with Crippen molar-refractivity contribution in [2.75, 3.05) is 11.9 Å². The number of rotatable bonds is 5. The molecule has 0 heterocycles. The van der Waals surface area contributed by atoms with Crippen molar-refractivity contribution in [1.82, 2.24) is 0 Å². The van der Waals surface area contributed by atoms with Gasteiger partial charge < -0.3 is 10.1 Å². The molecule has 0 aliphatic carbocycles. The highest BCUT2D eigenvalue weighted by atomic mass is 16.5. The Balaban J connectivity index is 1.69. The van der Waals surface area contributed by atoms with Crippen LogP contribution in [0, 0.1) is 20.8 Å². The molecule has 0 saturated carbocycles. The molecule has 0 aliphatic heterocycles. The zero-order valence-corrected chi connectivity index (χ0v) is 16.3. The summed E-state index contributed by atoms with van der Waals surface area (Å²) in [7, 11) is 0. The summed E-state index contributed by atoms with van der Waals surface area (Å²) < 4.78 is 5.27. The van der Waals surface area contributed by atoms with Crippen molar-refractivity contribution in [3.05, 3.63) is 89.0 Å². The Morgan fingerprint density at radius 1 is 0.857 bits per heavy atom. The largest absolute Gasteiger partial charge is 0.452 e. The minimum atomic E-state index is -0.521. The van der Waals surface area contributed by atoms with Crippen molar-refractivity contribution in [3.8, 4) is 11.1 Å². The van der Waals surface area contributed by atoms with Gasteiger partial charge in [-0.3, -0.25) is 4.79 Å². The number of benzene rings is 3.